The van der Waals surface area contributed by atoms with Gasteiger partial charge < -0.3 is 5.73 Å². The van der Waals surface area contributed by atoms with Crippen LogP contribution in [0.25, 0.3) is 0 Å². The molecule has 0 radical (unpaired) electrons. The SMILES string of the molecule is Cc1ccc(C(N)c2ccc(Cl)c(C)c2)cc1. The molecule has 0 saturated carbocycles. The minimum atomic E-state index is -0.0911. The molecule has 88 valence electrons. The predicted octanol–water partition coefficient (Wildman–Crippen LogP) is 4.00. The molecule has 1 unspecified atom stereocenters. The molecule has 2 aromatic rings. The second kappa shape index (κ2) is 4.91. The first kappa shape index (κ1) is 12.2. The van der Waals surface area contributed by atoms with Crippen molar-refractivity contribution >= 4 is 11.6 Å². The van der Waals surface area contributed by atoms with Gasteiger partial charge in [0.25, 0.3) is 0 Å². The van der Waals surface area contributed by atoms with Gasteiger partial charge in [-0.3, -0.25) is 0 Å². The van der Waals surface area contributed by atoms with Gasteiger partial charge in [0.05, 0.1) is 6.04 Å². The molecule has 0 heterocycles. The molecule has 0 aliphatic heterocycles. The first-order valence-corrected chi connectivity index (χ1v) is 6.04. The van der Waals surface area contributed by atoms with E-state index in [9.17, 15) is 0 Å². The van der Waals surface area contributed by atoms with Crippen LogP contribution in [0, 0.1) is 13.8 Å². The van der Waals surface area contributed by atoms with Crippen LogP contribution < -0.4 is 5.73 Å². The molecular formula is C15H16ClN. The van der Waals surface area contributed by atoms with Crippen LogP contribution >= 0.6 is 11.6 Å². The summed E-state index contributed by atoms with van der Waals surface area (Å²) in [5.74, 6) is 0. The molecule has 2 heteroatoms. The van der Waals surface area contributed by atoms with Crippen LogP contribution in [0.4, 0.5) is 0 Å². The minimum absolute atomic E-state index is 0.0911. The van der Waals surface area contributed by atoms with Crippen LogP contribution in [0.15, 0.2) is 42.5 Å². The number of aryl methyl sites for hydroxylation is 2. The first-order chi connectivity index (χ1) is 8.08. The highest BCUT2D eigenvalue weighted by atomic mass is 35.5. The van der Waals surface area contributed by atoms with E-state index in [1.54, 1.807) is 0 Å². The highest BCUT2D eigenvalue weighted by Crippen LogP contribution is 2.24. The van der Waals surface area contributed by atoms with Crippen molar-refractivity contribution in [1.82, 2.24) is 0 Å². The zero-order valence-corrected chi connectivity index (χ0v) is 10.8. The van der Waals surface area contributed by atoms with E-state index in [1.165, 1.54) is 5.56 Å². The third kappa shape index (κ3) is 2.68. The van der Waals surface area contributed by atoms with E-state index in [0.717, 1.165) is 21.7 Å². The first-order valence-electron chi connectivity index (χ1n) is 5.66. The van der Waals surface area contributed by atoms with Gasteiger partial charge in [-0.15, -0.1) is 0 Å². The Morgan fingerprint density at radius 3 is 2.12 bits per heavy atom. The molecule has 2 aromatic carbocycles. The average Bonchev–Trinajstić information content (AvgIpc) is 2.33. The zero-order valence-electron chi connectivity index (χ0n) is 10.1. The lowest BCUT2D eigenvalue weighted by Crippen LogP contribution is -2.11. The molecule has 1 nitrogen and oxygen atoms in total. The number of nitrogens with two attached hydrogens (primary N) is 1. The fraction of sp³-hybridized carbons (Fsp3) is 0.200. The maximum absolute atomic E-state index is 6.24. The monoisotopic (exact) mass is 245 g/mol. The average molecular weight is 246 g/mol. The minimum Gasteiger partial charge on any atom is -0.320 e. The summed E-state index contributed by atoms with van der Waals surface area (Å²) in [7, 11) is 0. The summed E-state index contributed by atoms with van der Waals surface area (Å²) in [5, 5.41) is 0.782. The Hall–Kier alpha value is -1.31. The lowest BCUT2D eigenvalue weighted by Gasteiger charge is -2.14. The van der Waals surface area contributed by atoms with Crippen molar-refractivity contribution < 1.29 is 0 Å². The topological polar surface area (TPSA) is 26.0 Å². The van der Waals surface area contributed by atoms with Gasteiger partial charge in [-0.25, -0.2) is 0 Å². The number of benzene rings is 2. The van der Waals surface area contributed by atoms with Crippen molar-refractivity contribution in [2.24, 2.45) is 5.73 Å². The molecule has 0 amide bonds. The van der Waals surface area contributed by atoms with Crippen LogP contribution in [0.3, 0.4) is 0 Å². The van der Waals surface area contributed by atoms with Crippen LogP contribution in [0.1, 0.15) is 28.3 Å². The maximum atomic E-state index is 6.24. The van der Waals surface area contributed by atoms with Gasteiger partial charge in [0.2, 0.25) is 0 Å². The predicted molar refractivity (Wildman–Crippen MR) is 73.4 cm³/mol. The van der Waals surface area contributed by atoms with Crippen molar-refractivity contribution in [2.45, 2.75) is 19.9 Å². The summed E-state index contributed by atoms with van der Waals surface area (Å²) >= 11 is 6.01. The van der Waals surface area contributed by atoms with E-state index in [0.29, 0.717) is 0 Å². The molecule has 0 spiro atoms. The third-order valence-electron chi connectivity index (χ3n) is 2.98. The molecule has 2 rings (SSSR count). The zero-order chi connectivity index (χ0) is 12.4. The van der Waals surface area contributed by atoms with Gasteiger partial charge in [0, 0.05) is 5.02 Å². The largest absolute Gasteiger partial charge is 0.320 e. The van der Waals surface area contributed by atoms with E-state index in [-0.39, 0.29) is 6.04 Å². The molecule has 0 saturated heterocycles. The molecule has 0 aliphatic carbocycles. The second-order valence-corrected chi connectivity index (χ2v) is 4.80. The third-order valence-corrected chi connectivity index (χ3v) is 3.40. The number of hydrogen-bond donors (Lipinski definition) is 1. The van der Waals surface area contributed by atoms with Gasteiger partial charge in [-0.05, 0) is 36.6 Å². The van der Waals surface area contributed by atoms with Crippen molar-refractivity contribution in [3.8, 4) is 0 Å². The van der Waals surface area contributed by atoms with E-state index >= 15 is 0 Å². The standard InChI is InChI=1S/C15H16ClN/c1-10-3-5-12(6-4-10)15(17)13-7-8-14(16)11(2)9-13/h3-9,15H,17H2,1-2H3. The fourth-order valence-corrected chi connectivity index (χ4v) is 1.95. The molecule has 0 fully saturated rings. The number of hydrogen-bond acceptors (Lipinski definition) is 1. The van der Waals surface area contributed by atoms with Crippen molar-refractivity contribution in [3.63, 3.8) is 0 Å². The van der Waals surface area contributed by atoms with E-state index in [1.807, 2.05) is 25.1 Å². The Balaban J connectivity index is 2.33. The normalized spacial score (nSPS) is 12.5. The highest BCUT2D eigenvalue weighted by molar-refractivity contribution is 6.31. The summed E-state index contributed by atoms with van der Waals surface area (Å²) in [6.07, 6.45) is 0. The van der Waals surface area contributed by atoms with E-state index in [2.05, 4.69) is 31.2 Å². The Morgan fingerprint density at radius 2 is 1.53 bits per heavy atom. The van der Waals surface area contributed by atoms with Crippen molar-refractivity contribution in [2.75, 3.05) is 0 Å². The van der Waals surface area contributed by atoms with Crippen LogP contribution in [0.5, 0.6) is 0 Å². The van der Waals surface area contributed by atoms with Gasteiger partial charge in [0.1, 0.15) is 0 Å². The maximum Gasteiger partial charge on any atom is 0.0551 e. The summed E-state index contributed by atoms with van der Waals surface area (Å²) in [4.78, 5) is 0. The van der Waals surface area contributed by atoms with Gasteiger partial charge in [-0.2, -0.15) is 0 Å². The van der Waals surface area contributed by atoms with Gasteiger partial charge in [0.15, 0.2) is 0 Å². The molecule has 0 bridgehead atoms. The smallest absolute Gasteiger partial charge is 0.0551 e. The summed E-state index contributed by atoms with van der Waals surface area (Å²) in [5.41, 5.74) is 10.8. The Morgan fingerprint density at radius 1 is 0.941 bits per heavy atom. The second-order valence-electron chi connectivity index (χ2n) is 4.40. The summed E-state index contributed by atoms with van der Waals surface area (Å²) < 4.78 is 0. The van der Waals surface area contributed by atoms with Crippen LogP contribution in [0.2, 0.25) is 5.02 Å². The summed E-state index contributed by atoms with van der Waals surface area (Å²) in [6.45, 7) is 4.06. The van der Waals surface area contributed by atoms with E-state index < -0.39 is 0 Å². The Labute approximate surface area is 107 Å². The lowest BCUT2D eigenvalue weighted by molar-refractivity contribution is 0.869. The molecule has 2 N–H and O–H groups in total. The van der Waals surface area contributed by atoms with Gasteiger partial charge >= 0.3 is 0 Å². The Kier molecular flexibility index (Phi) is 3.51. The fourth-order valence-electron chi connectivity index (χ4n) is 1.83. The van der Waals surface area contributed by atoms with Crippen molar-refractivity contribution in [1.29, 1.82) is 0 Å². The van der Waals surface area contributed by atoms with Gasteiger partial charge in [-0.1, -0.05) is 53.6 Å². The summed E-state index contributed by atoms with van der Waals surface area (Å²) in [6, 6.07) is 14.2. The molecule has 17 heavy (non-hydrogen) atoms. The molecule has 1 atom stereocenters. The number of halogens is 1. The Bertz CT molecular complexity index is 517. The number of rotatable bonds is 2. The quantitative estimate of drug-likeness (QED) is 0.850. The van der Waals surface area contributed by atoms with Crippen LogP contribution in [-0.4, -0.2) is 0 Å². The molecular weight excluding hydrogens is 230 g/mol. The molecule has 0 aliphatic rings. The highest BCUT2D eigenvalue weighted by Gasteiger charge is 2.09. The lowest BCUT2D eigenvalue weighted by atomic mass is 9.97. The van der Waals surface area contributed by atoms with E-state index in [4.69, 9.17) is 17.3 Å². The van der Waals surface area contributed by atoms with Crippen molar-refractivity contribution in [3.05, 3.63) is 69.7 Å². The molecule has 0 aromatic heterocycles. The van der Waals surface area contributed by atoms with Crippen LogP contribution in [-0.2, 0) is 0 Å².